The van der Waals surface area contributed by atoms with Crippen LogP contribution in [0.1, 0.15) is 17.0 Å². The first-order chi connectivity index (χ1) is 11.3. The van der Waals surface area contributed by atoms with E-state index in [4.69, 9.17) is 0 Å². The van der Waals surface area contributed by atoms with Crippen molar-refractivity contribution >= 4 is 17.2 Å². The summed E-state index contributed by atoms with van der Waals surface area (Å²) in [5.74, 6) is 0.100. The smallest absolute Gasteiger partial charge is 0.228 e. The Bertz CT molecular complexity index is 826. The fourth-order valence-corrected chi connectivity index (χ4v) is 3.49. The number of rotatable bonds is 3. The van der Waals surface area contributed by atoms with Crippen LogP contribution in [-0.4, -0.2) is 37.5 Å². The molecule has 0 fully saturated rings. The Labute approximate surface area is 137 Å². The average Bonchev–Trinajstić information content (AvgIpc) is 3.24. The number of thiazole rings is 1. The Hall–Kier alpha value is -2.54. The lowest BCUT2D eigenvalue weighted by atomic mass is 10.1. The summed E-state index contributed by atoms with van der Waals surface area (Å²) in [6, 6.07) is 5.74. The Morgan fingerprint density at radius 2 is 2.35 bits per heavy atom. The Kier molecular flexibility index (Phi) is 3.63. The third-order valence-electron chi connectivity index (χ3n) is 3.93. The number of aromatic nitrogens is 4. The highest BCUT2D eigenvalue weighted by atomic mass is 32.1. The van der Waals surface area contributed by atoms with Crippen LogP contribution in [0.15, 0.2) is 36.0 Å². The SMILES string of the molecule is O=C(Cc1csc(-c2ccccn2)n1)N1CCc2cn[nH]c2C1. The zero-order valence-corrected chi connectivity index (χ0v) is 13.2. The first-order valence-corrected chi connectivity index (χ1v) is 8.32. The standard InChI is InChI=1S/C16H15N5OS/c22-15(21-6-4-11-8-18-20-14(11)9-21)7-12-10-23-16(19-12)13-3-1-2-5-17-13/h1-3,5,8,10H,4,6-7,9H2,(H,18,20). The van der Waals surface area contributed by atoms with E-state index in [1.54, 1.807) is 6.20 Å². The number of nitrogens with zero attached hydrogens (tertiary/aromatic N) is 4. The molecule has 0 saturated carbocycles. The number of carbonyl (C=O) groups is 1. The molecule has 4 rings (SSSR count). The third kappa shape index (κ3) is 2.87. The molecule has 3 aromatic rings. The van der Waals surface area contributed by atoms with Gasteiger partial charge in [0.15, 0.2) is 0 Å². The van der Waals surface area contributed by atoms with Crippen molar-refractivity contribution in [3.8, 4) is 10.7 Å². The van der Waals surface area contributed by atoms with E-state index in [0.29, 0.717) is 13.0 Å². The lowest BCUT2D eigenvalue weighted by Gasteiger charge is -2.26. The number of fused-ring (bicyclic) bond motifs is 1. The van der Waals surface area contributed by atoms with Gasteiger partial charge < -0.3 is 4.90 Å². The van der Waals surface area contributed by atoms with Gasteiger partial charge in [-0.25, -0.2) is 4.98 Å². The van der Waals surface area contributed by atoms with Crippen molar-refractivity contribution in [2.45, 2.75) is 19.4 Å². The number of H-pyrrole nitrogens is 1. The summed E-state index contributed by atoms with van der Waals surface area (Å²) >= 11 is 1.52. The molecule has 0 unspecified atom stereocenters. The van der Waals surface area contributed by atoms with Gasteiger partial charge in [0.1, 0.15) is 5.01 Å². The molecule has 0 spiro atoms. The summed E-state index contributed by atoms with van der Waals surface area (Å²) in [7, 11) is 0. The van der Waals surface area contributed by atoms with Crippen LogP contribution in [0.3, 0.4) is 0 Å². The van der Waals surface area contributed by atoms with Gasteiger partial charge in [-0.2, -0.15) is 5.10 Å². The van der Waals surface area contributed by atoms with E-state index in [0.717, 1.165) is 35.1 Å². The van der Waals surface area contributed by atoms with E-state index < -0.39 is 0 Å². The molecule has 3 aromatic heterocycles. The zero-order valence-electron chi connectivity index (χ0n) is 12.4. The molecule has 0 aliphatic carbocycles. The van der Waals surface area contributed by atoms with Crippen LogP contribution in [0, 0.1) is 0 Å². The lowest BCUT2D eigenvalue weighted by Crippen LogP contribution is -2.36. The molecular formula is C16H15N5OS. The normalized spacial score (nSPS) is 13.8. The maximum absolute atomic E-state index is 12.5. The van der Waals surface area contributed by atoms with E-state index in [1.807, 2.05) is 34.7 Å². The van der Waals surface area contributed by atoms with E-state index >= 15 is 0 Å². The number of amides is 1. The van der Waals surface area contributed by atoms with Gasteiger partial charge in [-0.1, -0.05) is 6.07 Å². The minimum atomic E-state index is 0.100. The highest BCUT2D eigenvalue weighted by Crippen LogP contribution is 2.22. The molecule has 23 heavy (non-hydrogen) atoms. The summed E-state index contributed by atoms with van der Waals surface area (Å²) < 4.78 is 0. The summed E-state index contributed by atoms with van der Waals surface area (Å²) in [6.07, 6.45) is 4.77. The van der Waals surface area contributed by atoms with Crippen molar-refractivity contribution in [3.05, 3.63) is 52.9 Å². The first-order valence-electron chi connectivity index (χ1n) is 7.44. The van der Waals surface area contributed by atoms with Crippen molar-refractivity contribution in [3.63, 3.8) is 0 Å². The van der Waals surface area contributed by atoms with Gasteiger partial charge in [-0.15, -0.1) is 11.3 Å². The quantitative estimate of drug-likeness (QED) is 0.800. The number of hydrogen-bond acceptors (Lipinski definition) is 5. The van der Waals surface area contributed by atoms with Crippen LogP contribution in [0.4, 0.5) is 0 Å². The number of pyridine rings is 1. The highest BCUT2D eigenvalue weighted by Gasteiger charge is 2.22. The fraction of sp³-hybridized carbons (Fsp3) is 0.250. The van der Waals surface area contributed by atoms with Crippen LogP contribution in [-0.2, 0) is 24.2 Å². The van der Waals surface area contributed by atoms with Gasteiger partial charge in [0.05, 0.1) is 36.2 Å². The first kappa shape index (κ1) is 14.1. The Morgan fingerprint density at radius 1 is 1.39 bits per heavy atom. The molecule has 1 aliphatic heterocycles. The van der Waals surface area contributed by atoms with Gasteiger partial charge in [-0.05, 0) is 24.1 Å². The van der Waals surface area contributed by atoms with Crippen LogP contribution in [0.5, 0.6) is 0 Å². The van der Waals surface area contributed by atoms with E-state index in [1.165, 1.54) is 16.9 Å². The van der Waals surface area contributed by atoms with Crippen LogP contribution >= 0.6 is 11.3 Å². The molecule has 1 amide bonds. The molecule has 1 aliphatic rings. The van der Waals surface area contributed by atoms with Crippen LogP contribution < -0.4 is 0 Å². The molecule has 0 atom stereocenters. The predicted molar refractivity (Wildman–Crippen MR) is 86.8 cm³/mol. The van der Waals surface area contributed by atoms with E-state index in [9.17, 15) is 4.79 Å². The number of aromatic amines is 1. The summed E-state index contributed by atoms with van der Waals surface area (Å²) in [4.78, 5) is 23.2. The maximum atomic E-state index is 12.5. The number of nitrogens with one attached hydrogen (secondary N) is 1. The van der Waals surface area contributed by atoms with Gasteiger partial charge in [-0.3, -0.25) is 14.9 Å². The second-order valence-electron chi connectivity index (χ2n) is 5.47. The summed E-state index contributed by atoms with van der Waals surface area (Å²) in [5, 5.41) is 9.79. The predicted octanol–water partition coefficient (Wildman–Crippen LogP) is 2.06. The molecule has 0 saturated heterocycles. The maximum Gasteiger partial charge on any atom is 0.228 e. The van der Waals surface area contributed by atoms with Gasteiger partial charge >= 0.3 is 0 Å². The van der Waals surface area contributed by atoms with Gasteiger partial charge in [0.25, 0.3) is 0 Å². The second-order valence-corrected chi connectivity index (χ2v) is 6.33. The second kappa shape index (κ2) is 5.92. The van der Waals surface area contributed by atoms with Crippen molar-refractivity contribution in [1.29, 1.82) is 0 Å². The molecule has 116 valence electrons. The summed E-state index contributed by atoms with van der Waals surface area (Å²) in [6.45, 7) is 1.34. The topological polar surface area (TPSA) is 74.8 Å². The van der Waals surface area contributed by atoms with Crippen LogP contribution in [0.25, 0.3) is 10.7 Å². The lowest BCUT2D eigenvalue weighted by molar-refractivity contribution is -0.131. The fourth-order valence-electron chi connectivity index (χ4n) is 2.69. The van der Waals surface area contributed by atoms with Crippen molar-refractivity contribution in [2.24, 2.45) is 0 Å². The van der Waals surface area contributed by atoms with Crippen LogP contribution in [0.2, 0.25) is 0 Å². The molecule has 6 nitrogen and oxygen atoms in total. The largest absolute Gasteiger partial charge is 0.336 e. The average molecular weight is 325 g/mol. The Balaban J connectivity index is 1.45. The molecule has 7 heteroatoms. The number of hydrogen-bond donors (Lipinski definition) is 1. The van der Waals surface area contributed by atoms with Crippen molar-refractivity contribution in [1.82, 2.24) is 25.1 Å². The summed E-state index contributed by atoms with van der Waals surface area (Å²) in [5.41, 5.74) is 3.89. The highest BCUT2D eigenvalue weighted by molar-refractivity contribution is 7.13. The molecular weight excluding hydrogens is 310 g/mol. The van der Waals surface area contributed by atoms with E-state index in [-0.39, 0.29) is 5.91 Å². The third-order valence-corrected chi connectivity index (χ3v) is 4.84. The van der Waals surface area contributed by atoms with Gasteiger partial charge in [0.2, 0.25) is 5.91 Å². The molecule has 0 bridgehead atoms. The van der Waals surface area contributed by atoms with Gasteiger partial charge in [0, 0.05) is 18.1 Å². The van der Waals surface area contributed by atoms with Crippen molar-refractivity contribution in [2.75, 3.05) is 6.54 Å². The minimum absolute atomic E-state index is 0.100. The van der Waals surface area contributed by atoms with E-state index in [2.05, 4.69) is 20.2 Å². The number of carbonyl (C=O) groups excluding carboxylic acids is 1. The zero-order chi connectivity index (χ0) is 15.6. The van der Waals surface area contributed by atoms with Crippen molar-refractivity contribution < 1.29 is 4.79 Å². The molecule has 0 radical (unpaired) electrons. The molecule has 1 N–H and O–H groups in total. The Morgan fingerprint density at radius 3 is 3.22 bits per heavy atom. The minimum Gasteiger partial charge on any atom is -0.336 e. The molecule has 0 aromatic carbocycles. The monoisotopic (exact) mass is 325 g/mol. The molecule has 4 heterocycles.